The molecule has 5 aromatic carbocycles. The maximum atomic E-state index is 8.47. The Bertz CT molecular complexity index is 2440. The molecule has 0 aliphatic carbocycles. The Morgan fingerprint density at radius 2 is 1.60 bits per heavy atom. The molecule has 8 rings (SSSR count). The fraction of sp³-hybridized carbons (Fsp3) is 0.116. The Morgan fingerprint density at radius 1 is 0.833 bits per heavy atom. The molecule has 3 heterocycles. The fourth-order valence-electron chi connectivity index (χ4n) is 5.56. The summed E-state index contributed by atoms with van der Waals surface area (Å²) in [6.07, 6.45) is 3.01. The Morgan fingerprint density at radius 3 is 2.33 bits per heavy atom. The summed E-state index contributed by atoms with van der Waals surface area (Å²) in [7, 11) is 0. The number of imidazole rings is 1. The number of hydrogen-bond acceptors (Lipinski definition) is 3. The van der Waals surface area contributed by atoms with E-state index in [1.54, 1.807) is 24.3 Å². The number of aryl methyl sites for hydroxylation is 1. The average Bonchev–Trinajstić information content (AvgIpc) is 3.77. The van der Waals surface area contributed by atoms with Crippen molar-refractivity contribution in [1.82, 2.24) is 14.5 Å². The number of nitrogens with zero attached hydrogens (tertiary/aromatic N) is 3. The SMILES string of the molecule is [2H]C([2H])([2H])c1ccc(-c2[c-]cccc2)nc1.[2H]C([2H])(c1ccc2c(-c3nc4ccccc4n3-c3ccc(-c4ccccc4)cc3)[c-]oc2c1)C(C)C.[Ir]. The van der Waals surface area contributed by atoms with Gasteiger partial charge >= 0.3 is 0 Å². The van der Waals surface area contributed by atoms with Gasteiger partial charge in [-0.25, -0.2) is 0 Å². The normalized spacial score (nSPS) is 13.0. The third kappa shape index (κ3) is 7.08. The first-order valence-corrected chi connectivity index (χ1v) is 15.5. The summed E-state index contributed by atoms with van der Waals surface area (Å²) in [5, 5.41) is 0.857. The van der Waals surface area contributed by atoms with Crippen LogP contribution in [0.1, 0.15) is 31.8 Å². The van der Waals surface area contributed by atoms with Crippen molar-refractivity contribution in [3.05, 3.63) is 163 Å². The number of benzene rings is 5. The molecule has 0 spiro atoms. The van der Waals surface area contributed by atoms with Crippen LogP contribution in [0, 0.1) is 25.1 Å². The number of aromatic nitrogens is 3. The number of fused-ring (bicyclic) bond motifs is 2. The Hall–Kier alpha value is -5.09. The van der Waals surface area contributed by atoms with Crippen molar-refractivity contribution < 1.29 is 31.4 Å². The minimum absolute atomic E-state index is 0. The zero-order valence-electron chi connectivity index (χ0n) is 31.4. The largest absolute Gasteiger partial charge is 0.557 e. The van der Waals surface area contributed by atoms with E-state index in [2.05, 4.69) is 64.3 Å². The van der Waals surface area contributed by atoms with Crippen LogP contribution in [0.2, 0.25) is 0 Å². The molecule has 0 amide bonds. The molecular weight excluding hydrogens is 767 g/mol. The second-order valence-electron chi connectivity index (χ2n) is 11.5. The molecule has 0 bridgehead atoms. The predicted octanol–water partition coefficient (Wildman–Crippen LogP) is 11.0. The molecular formula is C43H35IrN3O-2. The van der Waals surface area contributed by atoms with E-state index in [9.17, 15) is 0 Å². The number of furan rings is 1. The van der Waals surface area contributed by atoms with E-state index < -0.39 is 13.2 Å². The molecule has 0 fully saturated rings. The molecule has 0 N–H and O–H groups in total. The van der Waals surface area contributed by atoms with Gasteiger partial charge in [-0.2, -0.15) is 0 Å². The minimum atomic E-state index is -2.09. The van der Waals surface area contributed by atoms with Gasteiger partial charge in [-0.05, 0) is 65.8 Å². The third-order valence-corrected chi connectivity index (χ3v) is 7.73. The summed E-state index contributed by atoms with van der Waals surface area (Å²) in [6.45, 7) is 1.68. The van der Waals surface area contributed by atoms with E-state index in [0.717, 1.165) is 50.3 Å². The van der Waals surface area contributed by atoms with Gasteiger partial charge in [-0.3, -0.25) is 4.98 Å². The predicted molar refractivity (Wildman–Crippen MR) is 192 cm³/mol. The van der Waals surface area contributed by atoms with E-state index in [-0.39, 0.29) is 31.6 Å². The molecule has 3 aromatic heterocycles. The molecule has 48 heavy (non-hydrogen) atoms. The van der Waals surface area contributed by atoms with Crippen molar-refractivity contribution in [1.29, 1.82) is 0 Å². The van der Waals surface area contributed by atoms with Crippen LogP contribution in [0.4, 0.5) is 0 Å². The van der Waals surface area contributed by atoms with Gasteiger partial charge in [0.1, 0.15) is 0 Å². The van der Waals surface area contributed by atoms with Crippen molar-refractivity contribution in [2.75, 3.05) is 0 Å². The van der Waals surface area contributed by atoms with Crippen LogP contribution in [0.5, 0.6) is 0 Å². The fourth-order valence-corrected chi connectivity index (χ4v) is 5.56. The van der Waals surface area contributed by atoms with Crippen LogP contribution in [0.15, 0.2) is 144 Å². The molecule has 0 unspecified atom stereocenters. The van der Waals surface area contributed by atoms with Crippen molar-refractivity contribution in [2.45, 2.75) is 27.1 Å². The third-order valence-electron chi connectivity index (χ3n) is 7.73. The van der Waals surface area contributed by atoms with Crippen LogP contribution in [-0.4, -0.2) is 14.5 Å². The van der Waals surface area contributed by atoms with Crippen molar-refractivity contribution in [3.63, 3.8) is 0 Å². The first-order valence-electron chi connectivity index (χ1n) is 18.0. The van der Waals surface area contributed by atoms with Gasteiger partial charge in [-0.1, -0.05) is 109 Å². The van der Waals surface area contributed by atoms with Gasteiger partial charge in [0.2, 0.25) is 0 Å². The molecule has 0 aliphatic rings. The average molecular weight is 807 g/mol. The van der Waals surface area contributed by atoms with Gasteiger partial charge in [-0.15, -0.1) is 42.0 Å². The second kappa shape index (κ2) is 14.8. The van der Waals surface area contributed by atoms with E-state index in [1.807, 2.05) is 80.6 Å². The Labute approximate surface area is 302 Å². The molecule has 5 heteroatoms. The molecule has 0 saturated heterocycles. The van der Waals surface area contributed by atoms with Crippen molar-refractivity contribution >= 4 is 22.0 Å². The molecule has 0 aliphatic heterocycles. The molecule has 0 atom stereocenters. The monoisotopic (exact) mass is 807 g/mol. The maximum absolute atomic E-state index is 8.47. The molecule has 0 saturated carbocycles. The van der Waals surface area contributed by atoms with E-state index in [4.69, 9.17) is 16.3 Å². The van der Waals surface area contributed by atoms with Crippen molar-refractivity contribution in [3.8, 4) is 39.5 Å². The van der Waals surface area contributed by atoms with Crippen molar-refractivity contribution in [2.24, 2.45) is 5.92 Å². The number of hydrogen-bond donors (Lipinski definition) is 0. The smallest absolute Gasteiger partial charge is 0.0774 e. The summed E-state index contributed by atoms with van der Waals surface area (Å²) < 4.78 is 46.6. The molecule has 1 radical (unpaired) electrons. The molecule has 8 aromatic rings. The van der Waals surface area contributed by atoms with E-state index in [0.29, 0.717) is 11.1 Å². The summed E-state index contributed by atoms with van der Waals surface area (Å²) in [4.78, 5) is 9.08. The minimum Gasteiger partial charge on any atom is -0.557 e. The molecule has 4 nitrogen and oxygen atoms in total. The Balaban J connectivity index is 0.000000238. The Kier molecular flexibility index (Phi) is 8.28. The maximum Gasteiger partial charge on any atom is 0.0774 e. The standard InChI is InChI=1S/C31H25N2O.C12H10N.Ir/c1-21(2)18-22-12-17-26-27(20-34-30(26)19-22)31-32-28-10-6-7-11-29(28)33(31)25-15-13-24(14-16-25)23-8-4-3-5-9-23;1-10-7-8-12(13-9-10)11-5-3-2-4-6-11;/h3-17,19,21H,18H2,1-2H3;2-5,7-9H,1H3;/q2*-1;/i18D2;1D3;. The van der Waals surface area contributed by atoms with Gasteiger partial charge in [0.05, 0.1) is 16.9 Å². The summed E-state index contributed by atoms with van der Waals surface area (Å²) in [6, 6.07) is 46.2. The van der Waals surface area contributed by atoms with Gasteiger partial charge < -0.3 is 14.0 Å². The van der Waals surface area contributed by atoms with Crippen LogP contribution >= 0.6 is 0 Å². The number of rotatable bonds is 6. The van der Waals surface area contributed by atoms with Gasteiger partial charge in [0.15, 0.2) is 0 Å². The van der Waals surface area contributed by atoms with Crippen LogP contribution in [0.3, 0.4) is 0 Å². The van der Waals surface area contributed by atoms with Crippen LogP contribution in [0.25, 0.3) is 61.5 Å². The quantitative estimate of drug-likeness (QED) is 0.157. The topological polar surface area (TPSA) is 43.9 Å². The second-order valence-corrected chi connectivity index (χ2v) is 11.5. The van der Waals surface area contributed by atoms with E-state index >= 15 is 0 Å². The van der Waals surface area contributed by atoms with Gasteiger partial charge in [0.25, 0.3) is 0 Å². The van der Waals surface area contributed by atoms with E-state index in [1.165, 1.54) is 11.8 Å². The molecule has 239 valence electrons. The summed E-state index contributed by atoms with van der Waals surface area (Å²) in [5.41, 5.74) is 9.00. The first kappa shape index (κ1) is 26.9. The number of pyridine rings is 1. The van der Waals surface area contributed by atoms with Gasteiger partial charge in [0, 0.05) is 50.7 Å². The summed E-state index contributed by atoms with van der Waals surface area (Å²) in [5.74, 6) is 0.582. The van der Waals surface area contributed by atoms with Crippen LogP contribution < -0.4 is 0 Å². The zero-order chi connectivity index (χ0) is 36.5. The van der Waals surface area contributed by atoms with Crippen LogP contribution in [-0.2, 0) is 26.5 Å². The zero-order valence-corrected chi connectivity index (χ0v) is 28.8. The number of para-hydroxylation sites is 2. The summed E-state index contributed by atoms with van der Waals surface area (Å²) >= 11 is 0. The first-order chi connectivity index (χ1) is 25.0.